The summed E-state index contributed by atoms with van der Waals surface area (Å²) in [5.41, 5.74) is 9.43. The standard InChI is InChI=1S/C26H22Cl2N6O3/c1-3-34-25(36)22(31-26(37)32-23-19(27)12-30-13-20(23)28)11-21(33-34)16-6-4-5-15(10-16)18-8-7-17(24(29)35)9-14(18)2/h4-13H,3H2,1-2H3,(H2,29,35)(H2,30,31,32,37). The summed E-state index contributed by atoms with van der Waals surface area (Å²) in [6.45, 7) is 3.96. The first-order valence-corrected chi connectivity index (χ1v) is 11.9. The Kier molecular flexibility index (Phi) is 7.56. The molecule has 0 saturated carbocycles. The quantitative estimate of drug-likeness (QED) is 0.305. The summed E-state index contributed by atoms with van der Waals surface area (Å²) < 4.78 is 1.26. The van der Waals surface area contributed by atoms with Gasteiger partial charge in [-0.25, -0.2) is 9.48 Å². The van der Waals surface area contributed by atoms with Crippen LogP contribution < -0.4 is 21.9 Å². The molecule has 0 fully saturated rings. The molecule has 2 aromatic carbocycles. The molecular weight excluding hydrogens is 515 g/mol. The highest BCUT2D eigenvalue weighted by Crippen LogP contribution is 2.30. The third kappa shape index (κ3) is 5.63. The third-order valence-electron chi connectivity index (χ3n) is 5.59. The number of urea groups is 1. The average Bonchev–Trinajstić information content (AvgIpc) is 2.87. The summed E-state index contributed by atoms with van der Waals surface area (Å²) in [5.74, 6) is -0.494. The molecule has 188 valence electrons. The summed E-state index contributed by atoms with van der Waals surface area (Å²) >= 11 is 12.1. The van der Waals surface area contributed by atoms with Gasteiger partial charge in [0.15, 0.2) is 0 Å². The zero-order valence-corrected chi connectivity index (χ0v) is 21.4. The number of hydrogen-bond acceptors (Lipinski definition) is 5. The van der Waals surface area contributed by atoms with Gasteiger partial charge in [-0.05, 0) is 54.8 Å². The number of nitrogens with one attached hydrogen (secondary N) is 2. The Morgan fingerprint density at radius 3 is 2.35 bits per heavy atom. The van der Waals surface area contributed by atoms with E-state index in [1.165, 1.54) is 23.1 Å². The van der Waals surface area contributed by atoms with Crippen LogP contribution in [-0.2, 0) is 6.54 Å². The maximum absolute atomic E-state index is 12.9. The summed E-state index contributed by atoms with van der Waals surface area (Å²) in [6.07, 6.45) is 2.68. The molecule has 4 aromatic rings. The SMILES string of the molecule is CCn1nc(-c2cccc(-c3ccc(C(N)=O)cc3C)c2)cc(NC(=O)Nc2c(Cl)cncc2Cl)c1=O. The molecule has 0 atom stereocenters. The lowest BCUT2D eigenvalue weighted by Gasteiger charge is -2.13. The van der Waals surface area contributed by atoms with Gasteiger partial charge in [-0.2, -0.15) is 5.10 Å². The van der Waals surface area contributed by atoms with E-state index in [4.69, 9.17) is 28.9 Å². The Hall–Kier alpha value is -4.21. The summed E-state index contributed by atoms with van der Waals surface area (Å²) in [5, 5.41) is 9.87. The molecule has 11 heteroatoms. The minimum atomic E-state index is -0.703. The molecule has 9 nitrogen and oxygen atoms in total. The highest BCUT2D eigenvalue weighted by Gasteiger charge is 2.15. The molecule has 37 heavy (non-hydrogen) atoms. The van der Waals surface area contributed by atoms with E-state index in [1.54, 1.807) is 19.1 Å². The van der Waals surface area contributed by atoms with Crippen molar-refractivity contribution in [2.75, 3.05) is 10.6 Å². The van der Waals surface area contributed by atoms with Gasteiger partial charge in [0.25, 0.3) is 5.56 Å². The van der Waals surface area contributed by atoms with Crippen molar-refractivity contribution >= 4 is 46.5 Å². The second kappa shape index (κ2) is 10.8. The molecule has 0 bridgehead atoms. The Balaban J connectivity index is 1.68. The number of nitrogens with two attached hydrogens (primary N) is 1. The van der Waals surface area contributed by atoms with Crippen LogP contribution in [0.3, 0.4) is 0 Å². The number of rotatable bonds is 6. The van der Waals surface area contributed by atoms with Gasteiger partial charge in [0.1, 0.15) is 5.69 Å². The van der Waals surface area contributed by atoms with Crippen molar-refractivity contribution in [2.45, 2.75) is 20.4 Å². The Morgan fingerprint density at radius 1 is 1.00 bits per heavy atom. The van der Waals surface area contributed by atoms with E-state index in [9.17, 15) is 14.4 Å². The molecule has 0 aliphatic carbocycles. The Labute approximate surface area is 222 Å². The monoisotopic (exact) mass is 536 g/mol. The number of amides is 3. The Bertz CT molecular complexity index is 1570. The van der Waals surface area contributed by atoms with E-state index in [0.717, 1.165) is 22.3 Å². The molecular formula is C26H22Cl2N6O3. The first kappa shape index (κ1) is 25.9. The van der Waals surface area contributed by atoms with E-state index >= 15 is 0 Å². The predicted octanol–water partition coefficient (Wildman–Crippen LogP) is 5.35. The van der Waals surface area contributed by atoms with Crippen LogP contribution in [0.4, 0.5) is 16.2 Å². The van der Waals surface area contributed by atoms with Crippen molar-refractivity contribution in [3.05, 3.63) is 92.5 Å². The van der Waals surface area contributed by atoms with Gasteiger partial charge in [-0.15, -0.1) is 0 Å². The first-order valence-electron chi connectivity index (χ1n) is 11.2. The summed E-state index contributed by atoms with van der Waals surface area (Å²) in [7, 11) is 0. The lowest BCUT2D eigenvalue weighted by Crippen LogP contribution is -2.29. The van der Waals surface area contributed by atoms with Crippen LogP contribution in [-0.4, -0.2) is 26.7 Å². The van der Waals surface area contributed by atoms with Crippen LogP contribution in [0, 0.1) is 6.92 Å². The van der Waals surface area contributed by atoms with Gasteiger partial charge >= 0.3 is 6.03 Å². The van der Waals surface area contributed by atoms with Gasteiger partial charge in [0.2, 0.25) is 5.91 Å². The zero-order chi connectivity index (χ0) is 26.7. The molecule has 4 N–H and O–H groups in total. The third-order valence-corrected chi connectivity index (χ3v) is 6.17. The van der Waals surface area contributed by atoms with Crippen molar-refractivity contribution in [1.29, 1.82) is 0 Å². The van der Waals surface area contributed by atoms with Crippen molar-refractivity contribution < 1.29 is 9.59 Å². The van der Waals surface area contributed by atoms with E-state index in [-0.39, 0.29) is 21.4 Å². The summed E-state index contributed by atoms with van der Waals surface area (Å²) in [4.78, 5) is 40.9. The first-order chi connectivity index (χ1) is 17.7. The minimum absolute atomic E-state index is 0.0260. The number of carbonyl (C=O) groups is 2. The molecule has 2 aromatic heterocycles. The number of benzene rings is 2. The van der Waals surface area contributed by atoms with Gasteiger partial charge in [0.05, 0.1) is 21.4 Å². The van der Waals surface area contributed by atoms with Crippen LogP contribution in [0.25, 0.3) is 22.4 Å². The lowest BCUT2D eigenvalue weighted by atomic mass is 9.96. The molecule has 0 aliphatic heterocycles. The molecule has 0 saturated heterocycles. The molecule has 0 radical (unpaired) electrons. The fourth-order valence-electron chi connectivity index (χ4n) is 3.77. The van der Waals surface area contributed by atoms with Gasteiger partial charge < -0.3 is 16.4 Å². The highest BCUT2D eigenvalue weighted by molar-refractivity contribution is 6.39. The zero-order valence-electron chi connectivity index (χ0n) is 19.9. The van der Waals surface area contributed by atoms with Crippen LogP contribution in [0.5, 0.6) is 0 Å². The van der Waals surface area contributed by atoms with Crippen molar-refractivity contribution in [2.24, 2.45) is 5.73 Å². The largest absolute Gasteiger partial charge is 0.366 e. The number of anilines is 2. The summed E-state index contributed by atoms with van der Waals surface area (Å²) in [6, 6.07) is 13.6. The molecule has 0 spiro atoms. The van der Waals surface area contributed by atoms with Crippen LogP contribution in [0.15, 0.2) is 65.7 Å². The van der Waals surface area contributed by atoms with E-state index in [1.807, 2.05) is 37.3 Å². The normalized spacial score (nSPS) is 10.7. The molecule has 2 heterocycles. The Morgan fingerprint density at radius 2 is 1.70 bits per heavy atom. The fraction of sp³-hybridized carbons (Fsp3) is 0.115. The van der Waals surface area contributed by atoms with Crippen LogP contribution in [0.2, 0.25) is 10.0 Å². The molecule has 4 rings (SSSR count). The number of aromatic nitrogens is 3. The molecule has 0 unspecified atom stereocenters. The minimum Gasteiger partial charge on any atom is -0.366 e. The second-order valence-electron chi connectivity index (χ2n) is 8.10. The molecule has 0 aliphatic rings. The maximum atomic E-state index is 12.9. The highest BCUT2D eigenvalue weighted by atomic mass is 35.5. The van der Waals surface area contributed by atoms with E-state index < -0.39 is 17.5 Å². The predicted molar refractivity (Wildman–Crippen MR) is 145 cm³/mol. The van der Waals surface area contributed by atoms with Gasteiger partial charge in [0, 0.05) is 30.1 Å². The van der Waals surface area contributed by atoms with E-state index in [0.29, 0.717) is 17.8 Å². The number of nitrogens with zero attached hydrogens (tertiary/aromatic N) is 3. The smallest absolute Gasteiger partial charge is 0.323 e. The number of halogens is 2. The molecule has 3 amide bonds. The topological polar surface area (TPSA) is 132 Å². The van der Waals surface area contributed by atoms with Crippen molar-refractivity contribution in [3.8, 4) is 22.4 Å². The fourth-order valence-corrected chi connectivity index (χ4v) is 4.23. The number of pyridine rings is 1. The number of primary amides is 1. The second-order valence-corrected chi connectivity index (χ2v) is 8.91. The van der Waals surface area contributed by atoms with Crippen LogP contribution in [0.1, 0.15) is 22.8 Å². The van der Waals surface area contributed by atoms with E-state index in [2.05, 4.69) is 20.7 Å². The number of aryl methyl sites for hydroxylation is 2. The lowest BCUT2D eigenvalue weighted by molar-refractivity contribution is 0.1000. The van der Waals surface area contributed by atoms with Crippen molar-refractivity contribution in [1.82, 2.24) is 14.8 Å². The maximum Gasteiger partial charge on any atom is 0.323 e. The van der Waals surface area contributed by atoms with Gasteiger partial charge in [-0.1, -0.05) is 47.5 Å². The number of hydrogen-bond donors (Lipinski definition) is 3. The van der Waals surface area contributed by atoms with Crippen molar-refractivity contribution in [3.63, 3.8) is 0 Å². The van der Waals surface area contributed by atoms with Crippen LogP contribution >= 0.6 is 23.2 Å². The van der Waals surface area contributed by atoms with Gasteiger partial charge in [-0.3, -0.25) is 14.6 Å². The average molecular weight is 537 g/mol. The number of carbonyl (C=O) groups excluding carboxylic acids is 2.